The zero-order chi connectivity index (χ0) is 19.1. The van der Waals surface area contributed by atoms with Crippen LogP contribution in [0.5, 0.6) is 5.75 Å². The van der Waals surface area contributed by atoms with Crippen molar-refractivity contribution in [2.24, 2.45) is 0 Å². The van der Waals surface area contributed by atoms with E-state index in [-0.39, 0.29) is 11.5 Å². The van der Waals surface area contributed by atoms with Crippen LogP contribution in [0.3, 0.4) is 0 Å². The van der Waals surface area contributed by atoms with Crippen LogP contribution in [-0.4, -0.2) is 48.0 Å². The summed E-state index contributed by atoms with van der Waals surface area (Å²) in [5, 5.41) is 0. The molecule has 6 nitrogen and oxygen atoms in total. The van der Waals surface area contributed by atoms with Crippen LogP contribution >= 0.6 is 0 Å². The molecule has 1 atom stereocenters. The number of rotatable bonds is 7. The molecule has 2 aromatic rings. The Kier molecular flexibility index (Phi) is 6.91. The SMILES string of the molecule is COc1ccccc1CN(C)C(=O)COC(=O)c1ccccc1[S@](C)=O. The van der Waals surface area contributed by atoms with Crippen LogP contribution in [0.4, 0.5) is 0 Å². The van der Waals surface area contributed by atoms with E-state index in [4.69, 9.17) is 9.47 Å². The van der Waals surface area contributed by atoms with Crippen LogP contribution in [0.15, 0.2) is 53.4 Å². The van der Waals surface area contributed by atoms with Crippen LogP contribution in [0, 0.1) is 0 Å². The highest BCUT2D eigenvalue weighted by Crippen LogP contribution is 2.19. The Morgan fingerprint density at radius 2 is 1.73 bits per heavy atom. The Bertz CT molecular complexity index is 821. The van der Waals surface area contributed by atoms with E-state index in [0.29, 0.717) is 17.2 Å². The third kappa shape index (κ3) is 4.92. The van der Waals surface area contributed by atoms with Gasteiger partial charge in [0.25, 0.3) is 5.91 Å². The molecule has 138 valence electrons. The number of hydrogen-bond donors (Lipinski definition) is 0. The highest BCUT2D eigenvalue weighted by Gasteiger charge is 2.18. The normalized spacial score (nSPS) is 11.5. The van der Waals surface area contributed by atoms with Crippen molar-refractivity contribution < 1.29 is 23.3 Å². The minimum absolute atomic E-state index is 0.202. The predicted molar refractivity (Wildman–Crippen MR) is 98.5 cm³/mol. The molecule has 0 aromatic heterocycles. The summed E-state index contributed by atoms with van der Waals surface area (Å²) in [6, 6.07) is 13.9. The number of carbonyl (C=O) groups is 2. The van der Waals surface area contributed by atoms with E-state index >= 15 is 0 Å². The van der Waals surface area contributed by atoms with Crippen LogP contribution < -0.4 is 4.74 Å². The van der Waals surface area contributed by atoms with Crippen LogP contribution in [0.25, 0.3) is 0 Å². The number of nitrogens with zero attached hydrogens (tertiary/aromatic N) is 1. The molecule has 0 heterocycles. The van der Waals surface area contributed by atoms with Gasteiger partial charge in [0.1, 0.15) is 5.75 Å². The predicted octanol–water partition coefficient (Wildman–Crippen LogP) is 2.25. The molecule has 2 aromatic carbocycles. The standard InChI is InChI=1S/C19H21NO5S/c1-20(12-14-8-4-6-10-16(14)24-2)18(21)13-25-19(22)15-9-5-7-11-17(15)26(3)23/h4-11H,12-13H2,1-3H3/t26-/m0/s1. The number of likely N-dealkylation sites (N-methyl/N-ethyl adjacent to an activating group) is 1. The summed E-state index contributed by atoms with van der Waals surface area (Å²) < 4.78 is 22.1. The van der Waals surface area contributed by atoms with Crippen molar-refractivity contribution in [3.05, 3.63) is 59.7 Å². The summed E-state index contributed by atoms with van der Waals surface area (Å²) in [4.78, 5) is 26.3. The first kappa shape index (κ1) is 19.7. The van der Waals surface area contributed by atoms with Crippen LogP contribution in [0.2, 0.25) is 0 Å². The third-order valence-electron chi connectivity index (χ3n) is 3.77. The summed E-state index contributed by atoms with van der Waals surface area (Å²) in [5.41, 5.74) is 1.05. The van der Waals surface area contributed by atoms with Gasteiger partial charge in [-0.2, -0.15) is 0 Å². The molecule has 0 spiro atoms. The highest BCUT2D eigenvalue weighted by atomic mass is 32.2. The molecule has 7 heteroatoms. The Hall–Kier alpha value is -2.67. The average molecular weight is 375 g/mol. The first-order valence-electron chi connectivity index (χ1n) is 7.89. The molecule has 0 radical (unpaired) electrons. The van der Waals surface area contributed by atoms with Crippen LogP contribution in [-0.2, 0) is 26.9 Å². The molecule has 2 rings (SSSR count). The molecular formula is C19H21NO5S. The van der Waals surface area contributed by atoms with E-state index in [0.717, 1.165) is 5.56 Å². The number of benzene rings is 2. The summed E-state index contributed by atoms with van der Waals surface area (Å²) >= 11 is 0. The fourth-order valence-electron chi connectivity index (χ4n) is 2.38. The number of esters is 1. The third-order valence-corrected chi connectivity index (χ3v) is 4.74. The summed E-state index contributed by atoms with van der Waals surface area (Å²) in [5.74, 6) is -0.335. The number of ether oxygens (including phenoxy) is 2. The molecule has 0 saturated heterocycles. The summed E-state index contributed by atoms with van der Waals surface area (Å²) in [7, 11) is 1.87. The van der Waals surface area contributed by atoms with Gasteiger partial charge in [-0.15, -0.1) is 0 Å². The Morgan fingerprint density at radius 3 is 2.42 bits per heavy atom. The summed E-state index contributed by atoms with van der Waals surface area (Å²) in [6.45, 7) is -0.0644. The molecule has 0 bridgehead atoms. The zero-order valence-electron chi connectivity index (χ0n) is 14.9. The van der Waals surface area contributed by atoms with E-state index in [1.54, 1.807) is 32.4 Å². The van der Waals surface area contributed by atoms with E-state index in [2.05, 4.69) is 0 Å². The highest BCUT2D eigenvalue weighted by molar-refractivity contribution is 7.84. The van der Waals surface area contributed by atoms with Gasteiger partial charge in [-0.3, -0.25) is 9.00 Å². The second kappa shape index (κ2) is 9.15. The number of carbonyl (C=O) groups excluding carboxylic acids is 2. The van der Waals surface area contributed by atoms with Crippen molar-refractivity contribution in [3.8, 4) is 5.75 Å². The van der Waals surface area contributed by atoms with Crippen molar-refractivity contribution >= 4 is 22.7 Å². The van der Waals surface area contributed by atoms with Crippen molar-refractivity contribution in [1.29, 1.82) is 0 Å². The Labute approximate surface area is 155 Å². The second-order valence-electron chi connectivity index (χ2n) is 5.59. The lowest BCUT2D eigenvalue weighted by Gasteiger charge is -2.19. The topological polar surface area (TPSA) is 72.9 Å². The fourth-order valence-corrected chi connectivity index (χ4v) is 3.11. The number of amides is 1. The zero-order valence-corrected chi connectivity index (χ0v) is 15.7. The molecule has 0 aliphatic heterocycles. The molecule has 26 heavy (non-hydrogen) atoms. The minimum atomic E-state index is -1.32. The molecule has 0 aliphatic carbocycles. The van der Waals surface area contributed by atoms with Gasteiger partial charge in [0.2, 0.25) is 0 Å². The molecule has 1 amide bonds. The first-order chi connectivity index (χ1) is 12.4. The smallest absolute Gasteiger partial charge is 0.339 e. The van der Waals surface area contributed by atoms with E-state index < -0.39 is 23.4 Å². The molecule has 0 unspecified atom stereocenters. The fraction of sp³-hybridized carbons (Fsp3) is 0.263. The van der Waals surface area contributed by atoms with Gasteiger partial charge in [0, 0.05) is 25.4 Å². The van der Waals surface area contributed by atoms with E-state index in [1.807, 2.05) is 24.3 Å². The van der Waals surface area contributed by atoms with Gasteiger partial charge in [0.15, 0.2) is 6.61 Å². The lowest BCUT2D eigenvalue weighted by molar-refractivity contribution is -0.133. The maximum absolute atomic E-state index is 12.2. The number of hydrogen-bond acceptors (Lipinski definition) is 5. The molecule has 0 saturated carbocycles. The van der Waals surface area contributed by atoms with Gasteiger partial charge in [-0.05, 0) is 18.2 Å². The van der Waals surface area contributed by atoms with Gasteiger partial charge in [-0.1, -0.05) is 30.3 Å². The Morgan fingerprint density at radius 1 is 1.08 bits per heavy atom. The molecule has 0 fully saturated rings. The first-order valence-corrected chi connectivity index (χ1v) is 9.45. The lowest BCUT2D eigenvalue weighted by Crippen LogP contribution is -2.31. The molecule has 0 N–H and O–H groups in total. The monoisotopic (exact) mass is 375 g/mol. The number of methoxy groups -OCH3 is 1. The van der Waals surface area contributed by atoms with Crippen molar-refractivity contribution in [3.63, 3.8) is 0 Å². The van der Waals surface area contributed by atoms with E-state index in [1.165, 1.54) is 17.2 Å². The Balaban J connectivity index is 1.98. The number of para-hydroxylation sites is 1. The maximum Gasteiger partial charge on any atom is 0.339 e. The summed E-state index contributed by atoms with van der Waals surface area (Å²) in [6.07, 6.45) is 1.48. The largest absolute Gasteiger partial charge is 0.496 e. The van der Waals surface area contributed by atoms with Gasteiger partial charge in [-0.25, -0.2) is 4.79 Å². The second-order valence-corrected chi connectivity index (χ2v) is 6.94. The molecular weight excluding hydrogens is 354 g/mol. The van der Waals surface area contributed by atoms with Gasteiger partial charge in [0.05, 0.1) is 28.4 Å². The van der Waals surface area contributed by atoms with E-state index in [9.17, 15) is 13.8 Å². The quantitative estimate of drug-likeness (QED) is 0.694. The van der Waals surface area contributed by atoms with Gasteiger partial charge < -0.3 is 14.4 Å². The minimum Gasteiger partial charge on any atom is -0.496 e. The van der Waals surface area contributed by atoms with Crippen molar-refractivity contribution in [2.75, 3.05) is 27.0 Å². The van der Waals surface area contributed by atoms with Gasteiger partial charge >= 0.3 is 5.97 Å². The van der Waals surface area contributed by atoms with Crippen molar-refractivity contribution in [1.82, 2.24) is 4.90 Å². The van der Waals surface area contributed by atoms with Crippen molar-refractivity contribution in [2.45, 2.75) is 11.4 Å². The van der Waals surface area contributed by atoms with Crippen LogP contribution in [0.1, 0.15) is 15.9 Å². The lowest BCUT2D eigenvalue weighted by atomic mass is 10.2. The molecule has 0 aliphatic rings. The average Bonchev–Trinajstić information content (AvgIpc) is 2.66. The maximum atomic E-state index is 12.2.